The van der Waals surface area contributed by atoms with Crippen LogP contribution in [0.3, 0.4) is 0 Å². The second-order valence-electron chi connectivity index (χ2n) is 15.2. The molecule has 1 unspecified atom stereocenters. The molecule has 4 aromatic rings. The minimum absolute atomic E-state index is 0.0483. The third-order valence-electron chi connectivity index (χ3n) is 12.3. The molecule has 1 N–H and O–H groups in total. The molecule has 1 saturated heterocycles. The third kappa shape index (κ3) is 5.21. The Hall–Kier alpha value is -4.82. The van der Waals surface area contributed by atoms with Crippen LogP contribution in [0, 0.1) is 40.9 Å². The molecule has 8 rings (SSSR count). The van der Waals surface area contributed by atoms with Gasteiger partial charge < -0.3 is 28.5 Å². The summed E-state index contributed by atoms with van der Waals surface area (Å²) in [5, 5.41) is 21.7. The molecule has 2 aromatic carbocycles. The molecule has 2 aliphatic heterocycles. The molecule has 0 spiro atoms. The average Bonchev–Trinajstić information content (AvgIpc) is 3.12. The van der Waals surface area contributed by atoms with Gasteiger partial charge in [0.25, 0.3) is 0 Å². The summed E-state index contributed by atoms with van der Waals surface area (Å²) >= 11 is 0. The number of hydrogen-bond acceptors (Lipinski definition) is 10. The summed E-state index contributed by atoms with van der Waals surface area (Å²) < 4.78 is 32.3. The Balaban J connectivity index is 1.21. The lowest BCUT2D eigenvalue weighted by atomic mass is 9.42. The number of aromatic nitrogens is 1. The number of carbonyl (C=O) groups excluding carboxylic acids is 1. The Labute approximate surface area is 296 Å². The lowest BCUT2D eigenvalue weighted by molar-refractivity contribution is -0.330. The molecule has 0 bridgehead atoms. The van der Waals surface area contributed by atoms with Crippen LogP contribution in [0.1, 0.15) is 85.0 Å². The molecule has 4 heterocycles. The van der Waals surface area contributed by atoms with Gasteiger partial charge in [0.1, 0.15) is 28.8 Å². The van der Waals surface area contributed by atoms with Crippen molar-refractivity contribution < 1.29 is 33.3 Å². The highest BCUT2D eigenvalue weighted by molar-refractivity contribution is 5.89. The standard InChI is InChI=1S/C41H40N2O8/c1-23-8-5-6-10-27(23)38-47-22-40(3)30-19-32(49-36(45)25-13-11-24(20-42)12-14-25)41(4)35(39(30,2)16-15-31(40)50-38)34(44)33-29(51-41)18-28(48-37(33)46)26-9-7-17-43-21-26/h5-14,17-18,21,30-32,34-35,38,44H,15-16,19,22H2,1-4H3/t30-,31+,32+,34+,35-,38?,39+,40+,41-/m1/s1. The summed E-state index contributed by atoms with van der Waals surface area (Å²) in [5.74, 6) is -0.981. The van der Waals surface area contributed by atoms with E-state index < -0.39 is 52.4 Å². The Kier molecular flexibility index (Phi) is 7.94. The van der Waals surface area contributed by atoms with Crippen LogP contribution in [0.15, 0.2) is 88.3 Å². The average molecular weight is 689 g/mol. The number of aryl methyl sites for hydroxylation is 1. The first-order chi connectivity index (χ1) is 24.5. The number of nitriles is 1. The van der Waals surface area contributed by atoms with Crippen molar-refractivity contribution >= 4 is 5.97 Å². The molecule has 9 atom stereocenters. The van der Waals surface area contributed by atoms with Gasteiger partial charge >= 0.3 is 11.6 Å². The van der Waals surface area contributed by atoms with E-state index in [0.29, 0.717) is 37.0 Å². The van der Waals surface area contributed by atoms with Gasteiger partial charge in [-0.15, -0.1) is 0 Å². The van der Waals surface area contributed by atoms with Crippen molar-refractivity contribution in [1.29, 1.82) is 5.26 Å². The molecule has 4 aliphatic rings. The van der Waals surface area contributed by atoms with Crippen LogP contribution in [-0.2, 0) is 14.2 Å². The lowest BCUT2D eigenvalue weighted by Crippen LogP contribution is -2.72. The van der Waals surface area contributed by atoms with Crippen LogP contribution in [0.2, 0.25) is 0 Å². The highest BCUT2D eigenvalue weighted by Crippen LogP contribution is 2.68. The number of hydrogen-bond donors (Lipinski definition) is 1. The molecule has 0 radical (unpaired) electrons. The fourth-order valence-corrected chi connectivity index (χ4v) is 9.75. The van der Waals surface area contributed by atoms with Gasteiger partial charge in [0, 0.05) is 40.9 Å². The zero-order valence-corrected chi connectivity index (χ0v) is 29.0. The predicted octanol–water partition coefficient (Wildman–Crippen LogP) is 6.85. The smallest absolute Gasteiger partial charge is 0.345 e. The van der Waals surface area contributed by atoms with Crippen molar-refractivity contribution in [2.45, 2.75) is 77.2 Å². The van der Waals surface area contributed by atoms with E-state index in [9.17, 15) is 20.0 Å². The number of ether oxygens (including phenoxy) is 4. The molecule has 10 heteroatoms. The van der Waals surface area contributed by atoms with Crippen LogP contribution < -0.4 is 10.4 Å². The van der Waals surface area contributed by atoms with Crippen molar-refractivity contribution in [2.24, 2.45) is 22.7 Å². The summed E-state index contributed by atoms with van der Waals surface area (Å²) in [5.41, 5.74) is 0.357. The highest BCUT2D eigenvalue weighted by atomic mass is 16.7. The van der Waals surface area contributed by atoms with E-state index in [-0.39, 0.29) is 34.7 Å². The van der Waals surface area contributed by atoms with E-state index >= 15 is 0 Å². The number of aliphatic hydroxyl groups excluding tert-OH is 1. The maximum absolute atomic E-state index is 13.8. The summed E-state index contributed by atoms with van der Waals surface area (Å²) in [6.07, 6.45) is 2.17. The van der Waals surface area contributed by atoms with Gasteiger partial charge in [-0.05, 0) is 86.4 Å². The number of rotatable bonds is 4. The van der Waals surface area contributed by atoms with Gasteiger partial charge in [0.05, 0.1) is 36.0 Å². The van der Waals surface area contributed by atoms with Crippen molar-refractivity contribution in [3.05, 3.63) is 117 Å². The first-order valence-corrected chi connectivity index (χ1v) is 17.5. The zero-order valence-electron chi connectivity index (χ0n) is 29.0. The minimum atomic E-state index is -1.29. The van der Waals surface area contributed by atoms with Gasteiger partial charge in [-0.3, -0.25) is 4.98 Å². The van der Waals surface area contributed by atoms with Gasteiger partial charge in [0.15, 0.2) is 6.29 Å². The number of nitrogens with zero attached hydrogens (tertiary/aromatic N) is 2. The molecule has 0 amide bonds. The fraction of sp³-hybridized carbons (Fsp3) is 0.415. The second-order valence-corrected chi connectivity index (χ2v) is 15.2. The highest BCUT2D eigenvalue weighted by Gasteiger charge is 2.71. The second kappa shape index (κ2) is 12.2. The summed E-state index contributed by atoms with van der Waals surface area (Å²) in [6, 6.07) is 21.5. The number of carbonyl (C=O) groups is 1. The molecule has 10 nitrogen and oxygen atoms in total. The Morgan fingerprint density at radius 1 is 1.06 bits per heavy atom. The lowest BCUT2D eigenvalue weighted by Gasteiger charge is -2.67. The number of aliphatic hydroxyl groups is 1. The van der Waals surface area contributed by atoms with E-state index in [4.69, 9.17) is 23.4 Å². The van der Waals surface area contributed by atoms with Crippen molar-refractivity contribution in [1.82, 2.24) is 4.98 Å². The van der Waals surface area contributed by atoms with Crippen LogP contribution in [-0.4, -0.2) is 40.5 Å². The van der Waals surface area contributed by atoms with Gasteiger partial charge in [0.2, 0.25) is 0 Å². The van der Waals surface area contributed by atoms with Crippen LogP contribution in [0.25, 0.3) is 11.3 Å². The van der Waals surface area contributed by atoms with E-state index in [2.05, 4.69) is 24.9 Å². The van der Waals surface area contributed by atoms with Gasteiger partial charge in [-0.25, -0.2) is 9.59 Å². The topological polar surface area (TPSA) is 141 Å². The largest absolute Gasteiger partial charge is 0.482 e. The van der Waals surface area contributed by atoms with Crippen molar-refractivity contribution in [2.75, 3.05) is 6.61 Å². The first-order valence-electron chi connectivity index (χ1n) is 17.5. The van der Waals surface area contributed by atoms with Crippen LogP contribution in [0.4, 0.5) is 0 Å². The Bertz CT molecular complexity index is 2090. The molecule has 2 aliphatic carbocycles. The monoisotopic (exact) mass is 688 g/mol. The van der Waals surface area contributed by atoms with Gasteiger partial charge in [-0.1, -0.05) is 38.1 Å². The molecule has 262 valence electrons. The zero-order chi connectivity index (χ0) is 35.7. The Morgan fingerprint density at radius 3 is 2.57 bits per heavy atom. The molecule has 2 saturated carbocycles. The maximum atomic E-state index is 13.8. The van der Waals surface area contributed by atoms with E-state index in [1.807, 2.05) is 38.1 Å². The van der Waals surface area contributed by atoms with Crippen molar-refractivity contribution in [3.8, 4) is 23.1 Å². The number of esters is 1. The van der Waals surface area contributed by atoms with E-state index in [1.165, 1.54) is 0 Å². The van der Waals surface area contributed by atoms with E-state index in [0.717, 1.165) is 11.1 Å². The molecule has 2 aromatic heterocycles. The summed E-state index contributed by atoms with van der Waals surface area (Å²) in [7, 11) is 0. The normalized spacial score (nSPS) is 33.6. The molecule has 51 heavy (non-hydrogen) atoms. The number of fused-ring (bicyclic) bond motifs is 6. The molecule has 3 fully saturated rings. The molecular weight excluding hydrogens is 648 g/mol. The van der Waals surface area contributed by atoms with Crippen LogP contribution in [0.5, 0.6) is 5.75 Å². The fourth-order valence-electron chi connectivity index (χ4n) is 9.75. The molecular formula is C41H40N2O8. The minimum Gasteiger partial charge on any atom is -0.482 e. The SMILES string of the molecule is Cc1ccccc1C1OC[C@@]2(C)[C@@H]3C[C@H](OC(=O)c4ccc(C#N)cc4)[C@@]4(C)Oc5cc(-c6cccnc6)oc(=O)c5[C@H](O)[C@@H]4[C@@]3(C)CC[C@@H]2O1. The third-order valence-corrected chi connectivity index (χ3v) is 12.3. The van der Waals surface area contributed by atoms with Gasteiger partial charge in [-0.2, -0.15) is 5.26 Å². The number of benzene rings is 2. The van der Waals surface area contributed by atoms with E-state index in [1.54, 1.807) is 54.9 Å². The first kappa shape index (κ1) is 33.3. The summed E-state index contributed by atoms with van der Waals surface area (Å²) in [6.45, 7) is 8.62. The predicted molar refractivity (Wildman–Crippen MR) is 184 cm³/mol. The summed E-state index contributed by atoms with van der Waals surface area (Å²) in [4.78, 5) is 31.7. The van der Waals surface area contributed by atoms with Crippen LogP contribution >= 0.6 is 0 Å². The maximum Gasteiger partial charge on any atom is 0.345 e. The quantitative estimate of drug-likeness (QED) is 0.226. The number of pyridine rings is 1. The Morgan fingerprint density at radius 2 is 1.84 bits per heavy atom. The van der Waals surface area contributed by atoms with Crippen molar-refractivity contribution in [3.63, 3.8) is 0 Å².